The number of fused-ring (bicyclic) bond motifs is 2. The fraction of sp³-hybridized carbons (Fsp3) is 0.250. The number of nitrogens with zero attached hydrogens (tertiary/aromatic N) is 2. The first-order valence-electron chi connectivity index (χ1n) is 8.57. The van der Waals surface area contributed by atoms with Gasteiger partial charge in [-0.2, -0.15) is 5.26 Å². The van der Waals surface area contributed by atoms with Gasteiger partial charge < -0.3 is 11.1 Å². The van der Waals surface area contributed by atoms with Crippen LogP contribution < -0.4 is 11.1 Å². The second-order valence-electron chi connectivity index (χ2n) is 6.78. The van der Waals surface area contributed by atoms with E-state index < -0.39 is 0 Å². The number of pyridine rings is 1. The highest BCUT2D eigenvalue weighted by Crippen LogP contribution is 2.36. The fourth-order valence-corrected chi connectivity index (χ4v) is 4.35. The highest BCUT2D eigenvalue weighted by Gasteiger charge is 2.22. The Kier molecular flexibility index (Phi) is 4.09. The summed E-state index contributed by atoms with van der Waals surface area (Å²) in [4.78, 5) is 18.7. The average Bonchev–Trinajstić information content (AvgIpc) is 2.96. The van der Waals surface area contributed by atoms with E-state index in [1.807, 2.05) is 0 Å². The number of carbonyl (C=O) groups is 1. The summed E-state index contributed by atoms with van der Waals surface area (Å²) in [5.41, 5.74) is 10.3. The predicted molar refractivity (Wildman–Crippen MR) is 104 cm³/mol. The first-order valence-corrected chi connectivity index (χ1v) is 9.39. The minimum atomic E-state index is -0.249. The monoisotopic (exact) mass is 362 g/mol. The Hall–Kier alpha value is -2.91. The summed E-state index contributed by atoms with van der Waals surface area (Å²) in [6, 6.07) is 10.9. The maximum absolute atomic E-state index is 12.7. The molecule has 1 atom stereocenters. The lowest BCUT2D eigenvalue weighted by molar-refractivity contribution is 0.103. The summed E-state index contributed by atoms with van der Waals surface area (Å²) in [6.45, 7) is 2.25. The van der Waals surface area contributed by atoms with E-state index in [-0.39, 0.29) is 5.91 Å². The van der Waals surface area contributed by atoms with E-state index in [2.05, 4.69) is 24.4 Å². The number of nitrogens with one attached hydrogen (secondary N) is 1. The highest BCUT2D eigenvalue weighted by atomic mass is 32.1. The minimum absolute atomic E-state index is 0.249. The lowest BCUT2D eigenvalue weighted by Crippen LogP contribution is -2.12. The number of nitrogen functional groups attached to an aromatic ring is 1. The van der Waals surface area contributed by atoms with Crippen molar-refractivity contribution in [1.29, 1.82) is 5.26 Å². The van der Waals surface area contributed by atoms with Gasteiger partial charge in [0.1, 0.15) is 9.71 Å². The van der Waals surface area contributed by atoms with Crippen molar-refractivity contribution in [2.45, 2.75) is 26.2 Å². The zero-order valence-corrected chi connectivity index (χ0v) is 15.2. The molecule has 6 heteroatoms. The first-order chi connectivity index (χ1) is 12.5. The molecule has 0 fully saturated rings. The van der Waals surface area contributed by atoms with E-state index in [1.165, 1.54) is 16.9 Å². The van der Waals surface area contributed by atoms with Gasteiger partial charge in [-0.05, 0) is 61.1 Å². The number of aromatic nitrogens is 1. The standard InChI is InChI=1S/C20H18N4OS/c1-11-2-7-16-13(8-11)9-15-17(22)18(26-20(15)24-16)19(25)23-14-5-3-12(10-21)4-6-14/h3-6,9,11H,2,7-8,22H2,1H3,(H,23,25). The number of thiophene rings is 1. The Morgan fingerprint density at radius 3 is 2.88 bits per heavy atom. The van der Waals surface area contributed by atoms with Crippen LogP contribution in [0.15, 0.2) is 30.3 Å². The molecule has 1 aliphatic carbocycles. The van der Waals surface area contributed by atoms with Gasteiger partial charge in [-0.3, -0.25) is 4.79 Å². The molecule has 1 unspecified atom stereocenters. The average molecular weight is 362 g/mol. The van der Waals surface area contributed by atoms with Crippen LogP contribution in [0.4, 0.5) is 11.4 Å². The maximum Gasteiger partial charge on any atom is 0.267 e. The van der Waals surface area contributed by atoms with Crippen LogP contribution in [0.3, 0.4) is 0 Å². The Bertz CT molecular complexity index is 1050. The van der Waals surface area contributed by atoms with E-state index in [0.717, 1.165) is 35.2 Å². The van der Waals surface area contributed by atoms with Crippen molar-refractivity contribution in [1.82, 2.24) is 4.98 Å². The van der Waals surface area contributed by atoms with Gasteiger partial charge in [0.05, 0.1) is 17.3 Å². The van der Waals surface area contributed by atoms with Gasteiger partial charge in [-0.1, -0.05) is 6.92 Å². The molecule has 0 saturated carbocycles. The Labute approximate surface area is 155 Å². The molecule has 26 heavy (non-hydrogen) atoms. The fourth-order valence-electron chi connectivity index (χ4n) is 3.36. The number of nitriles is 1. The van der Waals surface area contributed by atoms with Crippen molar-refractivity contribution < 1.29 is 4.79 Å². The summed E-state index contributed by atoms with van der Waals surface area (Å²) in [7, 11) is 0. The highest BCUT2D eigenvalue weighted by molar-refractivity contribution is 7.21. The van der Waals surface area contributed by atoms with Crippen molar-refractivity contribution in [3.05, 3.63) is 52.0 Å². The van der Waals surface area contributed by atoms with E-state index in [1.54, 1.807) is 24.3 Å². The summed E-state index contributed by atoms with van der Waals surface area (Å²) < 4.78 is 0. The Morgan fingerprint density at radius 1 is 1.38 bits per heavy atom. The molecule has 1 aromatic carbocycles. The normalized spacial score (nSPS) is 16.1. The molecule has 0 radical (unpaired) electrons. The number of anilines is 2. The van der Waals surface area contributed by atoms with Crippen molar-refractivity contribution in [3.63, 3.8) is 0 Å². The van der Waals surface area contributed by atoms with Gasteiger partial charge >= 0.3 is 0 Å². The molecule has 0 spiro atoms. The molecule has 130 valence electrons. The van der Waals surface area contributed by atoms with Crippen molar-refractivity contribution in [2.24, 2.45) is 5.92 Å². The topological polar surface area (TPSA) is 91.8 Å². The first kappa shape index (κ1) is 16.6. The minimum Gasteiger partial charge on any atom is -0.397 e. The molecular weight excluding hydrogens is 344 g/mol. The van der Waals surface area contributed by atoms with E-state index in [0.29, 0.717) is 27.7 Å². The van der Waals surface area contributed by atoms with Crippen LogP contribution in [0, 0.1) is 17.2 Å². The Morgan fingerprint density at radius 2 is 2.15 bits per heavy atom. The van der Waals surface area contributed by atoms with Gasteiger partial charge in [0.25, 0.3) is 5.91 Å². The second-order valence-corrected chi connectivity index (χ2v) is 7.78. The molecule has 1 amide bonds. The van der Waals surface area contributed by atoms with Gasteiger partial charge in [0.2, 0.25) is 0 Å². The third-order valence-corrected chi connectivity index (χ3v) is 5.92. The second kappa shape index (κ2) is 6.43. The molecule has 3 aromatic rings. The molecule has 0 aliphatic heterocycles. The van der Waals surface area contributed by atoms with Crippen molar-refractivity contribution >= 4 is 38.8 Å². The number of rotatable bonds is 2. The third-order valence-electron chi connectivity index (χ3n) is 4.81. The van der Waals surface area contributed by atoms with E-state index in [4.69, 9.17) is 16.0 Å². The van der Waals surface area contributed by atoms with Crippen LogP contribution >= 0.6 is 11.3 Å². The van der Waals surface area contributed by atoms with Crippen LogP contribution in [0.25, 0.3) is 10.2 Å². The van der Waals surface area contributed by atoms with Crippen LogP contribution in [-0.2, 0) is 12.8 Å². The van der Waals surface area contributed by atoms with E-state index >= 15 is 0 Å². The van der Waals surface area contributed by atoms with Gasteiger partial charge in [-0.15, -0.1) is 11.3 Å². The Balaban J connectivity index is 1.66. The zero-order chi connectivity index (χ0) is 18.3. The van der Waals surface area contributed by atoms with E-state index in [9.17, 15) is 4.79 Å². The number of benzene rings is 1. The summed E-state index contributed by atoms with van der Waals surface area (Å²) in [5, 5.41) is 12.6. The summed E-state index contributed by atoms with van der Waals surface area (Å²) in [5.74, 6) is 0.405. The van der Waals surface area contributed by atoms with Gasteiger partial charge in [-0.25, -0.2) is 4.98 Å². The number of aryl methyl sites for hydroxylation is 1. The molecule has 2 heterocycles. The molecule has 5 nitrogen and oxygen atoms in total. The smallest absolute Gasteiger partial charge is 0.267 e. The lowest BCUT2D eigenvalue weighted by atomic mass is 9.87. The number of carbonyl (C=O) groups excluding carboxylic acids is 1. The van der Waals surface area contributed by atoms with Crippen LogP contribution in [0.2, 0.25) is 0 Å². The largest absolute Gasteiger partial charge is 0.397 e. The number of nitrogens with two attached hydrogens (primary N) is 1. The molecular formula is C20H18N4OS. The van der Waals surface area contributed by atoms with Crippen LogP contribution in [-0.4, -0.2) is 10.9 Å². The maximum atomic E-state index is 12.7. The van der Waals surface area contributed by atoms with Crippen LogP contribution in [0.5, 0.6) is 0 Å². The molecule has 0 bridgehead atoms. The zero-order valence-electron chi connectivity index (χ0n) is 14.4. The van der Waals surface area contributed by atoms with Gasteiger partial charge in [0, 0.05) is 16.8 Å². The lowest BCUT2D eigenvalue weighted by Gasteiger charge is -2.20. The van der Waals surface area contributed by atoms with Crippen molar-refractivity contribution in [3.8, 4) is 6.07 Å². The third kappa shape index (κ3) is 2.91. The molecule has 3 N–H and O–H groups in total. The summed E-state index contributed by atoms with van der Waals surface area (Å²) >= 11 is 1.33. The molecule has 1 aliphatic rings. The molecule has 2 aromatic heterocycles. The molecule has 4 rings (SSSR count). The summed E-state index contributed by atoms with van der Waals surface area (Å²) in [6.07, 6.45) is 3.15. The predicted octanol–water partition coefficient (Wildman–Crippen LogP) is 4.13. The quantitative estimate of drug-likeness (QED) is 0.717. The number of hydrogen-bond acceptors (Lipinski definition) is 5. The number of hydrogen-bond donors (Lipinski definition) is 2. The molecule has 0 saturated heterocycles. The van der Waals surface area contributed by atoms with Crippen molar-refractivity contribution in [2.75, 3.05) is 11.1 Å². The van der Waals surface area contributed by atoms with Crippen LogP contribution in [0.1, 0.15) is 39.8 Å². The number of amides is 1. The SMILES string of the molecule is CC1CCc2nc3sc(C(=O)Nc4ccc(C#N)cc4)c(N)c3cc2C1. The van der Waals surface area contributed by atoms with Gasteiger partial charge in [0.15, 0.2) is 0 Å².